The second-order valence-corrected chi connectivity index (χ2v) is 3.27. The van der Waals surface area contributed by atoms with E-state index in [1.54, 1.807) is 0 Å². The minimum Gasteiger partial charge on any atom is -0.293 e. The minimum absolute atomic E-state index is 0.149. The van der Waals surface area contributed by atoms with Gasteiger partial charge in [-0.05, 0) is 30.7 Å². The first-order valence-corrected chi connectivity index (χ1v) is 4.52. The molecule has 0 saturated carbocycles. The molecule has 0 heterocycles. The Morgan fingerprint density at radius 2 is 2.00 bits per heavy atom. The van der Waals surface area contributed by atoms with Crippen molar-refractivity contribution in [2.24, 2.45) is 0 Å². The Hall–Kier alpha value is -0.890. The Balaban J connectivity index is 2.83. The Morgan fingerprint density at radius 3 is 2.46 bits per heavy atom. The van der Waals surface area contributed by atoms with E-state index in [1.165, 1.54) is 24.3 Å². The van der Waals surface area contributed by atoms with Crippen molar-refractivity contribution in [3.8, 4) is 0 Å². The molecule has 0 aromatic heterocycles. The van der Waals surface area contributed by atoms with E-state index in [0.717, 1.165) is 0 Å². The van der Waals surface area contributed by atoms with Crippen LogP contribution in [0.3, 0.4) is 0 Å². The molecule has 13 heavy (non-hydrogen) atoms. The van der Waals surface area contributed by atoms with E-state index in [2.05, 4.69) is 0 Å². The van der Waals surface area contributed by atoms with Crippen molar-refractivity contribution in [3.05, 3.63) is 35.6 Å². The first kappa shape index (κ1) is 10.2. The van der Waals surface area contributed by atoms with Crippen LogP contribution in [0.25, 0.3) is 0 Å². The van der Waals surface area contributed by atoms with E-state index < -0.39 is 5.38 Å². The Morgan fingerprint density at radius 1 is 1.46 bits per heavy atom. The highest BCUT2D eigenvalue weighted by Gasteiger charge is 2.14. The van der Waals surface area contributed by atoms with Gasteiger partial charge in [-0.2, -0.15) is 0 Å². The highest BCUT2D eigenvalue weighted by Crippen LogP contribution is 2.11. The van der Waals surface area contributed by atoms with E-state index >= 15 is 0 Å². The maximum atomic E-state index is 12.5. The van der Waals surface area contributed by atoms with Gasteiger partial charge in [-0.1, -0.05) is 6.92 Å². The molecule has 0 saturated heterocycles. The summed E-state index contributed by atoms with van der Waals surface area (Å²) in [6.07, 6.45) is 0.581. The molecule has 1 aromatic carbocycles. The lowest BCUT2D eigenvalue weighted by Crippen LogP contribution is -2.13. The van der Waals surface area contributed by atoms with Gasteiger partial charge in [0.05, 0.1) is 5.38 Å². The van der Waals surface area contributed by atoms with Crippen LogP contribution >= 0.6 is 11.6 Å². The molecule has 0 amide bonds. The zero-order chi connectivity index (χ0) is 9.84. The lowest BCUT2D eigenvalue weighted by Gasteiger charge is -2.04. The van der Waals surface area contributed by atoms with E-state index in [9.17, 15) is 9.18 Å². The van der Waals surface area contributed by atoms with Gasteiger partial charge in [0.2, 0.25) is 0 Å². The zero-order valence-corrected chi connectivity index (χ0v) is 8.01. The highest BCUT2D eigenvalue weighted by molar-refractivity contribution is 6.33. The number of halogens is 2. The van der Waals surface area contributed by atoms with Gasteiger partial charge in [-0.3, -0.25) is 4.79 Å². The Labute approximate surface area is 81.5 Å². The van der Waals surface area contributed by atoms with Gasteiger partial charge in [0.1, 0.15) is 5.82 Å². The summed E-state index contributed by atoms with van der Waals surface area (Å²) < 4.78 is 12.5. The predicted octanol–water partition coefficient (Wildman–Crippen LogP) is 3.03. The Kier molecular flexibility index (Phi) is 3.43. The van der Waals surface area contributed by atoms with Crippen molar-refractivity contribution in [1.82, 2.24) is 0 Å². The molecule has 0 aliphatic heterocycles. The quantitative estimate of drug-likeness (QED) is 0.542. The highest BCUT2D eigenvalue weighted by atomic mass is 35.5. The summed E-state index contributed by atoms with van der Waals surface area (Å²) in [6, 6.07) is 5.41. The van der Waals surface area contributed by atoms with Gasteiger partial charge in [-0.25, -0.2) is 4.39 Å². The van der Waals surface area contributed by atoms with Crippen LogP contribution in [0.1, 0.15) is 23.7 Å². The molecular weight excluding hydrogens is 191 g/mol. The molecule has 1 rings (SSSR count). The first-order chi connectivity index (χ1) is 6.15. The molecule has 70 valence electrons. The third-order valence-corrected chi connectivity index (χ3v) is 2.28. The van der Waals surface area contributed by atoms with Gasteiger partial charge >= 0.3 is 0 Å². The van der Waals surface area contributed by atoms with Crippen LogP contribution in [0.4, 0.5) is 4.39 Å². The molecule has 1 nitrogen and oxygen atoms in total. The normalized spacial score (nSPS) is 12.5. The van der Waals surface area contributed by atoms with Gasteiger partial charge in [0.15, 0.2) is 5.78 Å². The molecule has 0 N–H and O–H groups in total. The molecule has 0 radical (unpaired) electrons. The van der Waals surface area contributed by atoms with Crippen molar-refractivity contribution >= 4 is 17.4 Å². The van der Waals surface area contributed by atoms with Crippen LogP contribution in [0, 0.1) is 5.82 Å². The summed E-state index contributed by atoms with van der Waals surface area (Å²) in [7, 11) is 0. The molecule has 0 spiro atoms. The topological polar surface area (TPSA) is 17.1 Å². The molecule has 1 atom stereocenters. The van der Waals surface area contributed by atoms with E-state index in [4.69, 9.17) is 11.6 Å². The second kappa shape index (κ2) is 4.38. The maximum absolute atomic E-state index is 12.5. The number of hydrogen-bond acceptors (Lipinski definition) is 1. The van der Waals surface area contributed by atoms with E-state index in [-0.39, 0.29) is 11.6 Å². The van der Waals surface area contributed by atoms with Crippen LogP contribution in [-0.2, 0) is 0 Å². The number of carbonyl (C=O) groups excluding carboxylic acids is 1. The summed E-state index contributed by atoms with van der Waals surface area (Å²) >= 11 is 5.75. The van der Waals surface area contributed by atoms with Crippen LogP contribution in [0.5, 0.6) is 0 Å². The van der Waals surface area contributed by atoms with Crippen LogP contribution in [-0.4, -0.2) is 11.2 Å². The fraction of sp³-hybridized carbons (Fsp3) is 0.300. The van der Waals surface area contributed by atoms with Crippen molar-refractivity contribution in [2.45, 2.75) is 18.7 Å². The summed E-state index contributed by atoms with van der Waals surface area (Å²) in [4.78, 5) is 11.4. The average Bonchev–Trinajstić information content (AvgIpc) is 2.17. The summed E-state index contributed by atoms with van der Waals surface area (Å²) in [5, 5.41) is -0.509. The van der Waals surface area contributed by atoms with Gasteiger partial charge in [0, 0.05) is 5.56 Å². The summed E-state index contributed by atoms with van der Waals surface area (Å²) in [5.74, 6) is -0.497. The van der Waals surface area contributed by atoms with Crippen molar-refractivity contribution in [2.75, 3.05) is 0 Å². The predicted molar refractivity (Wildman–Crippen MR) is 50.7 cm³/mol. The molecule has 0 aliphatic carbocycles. The van der Waals surface area contributed by atoms with Crippen molar-refractivity contribution < 1.29 is 9.18 Å². The standard InChI is InChI=1S/C10H10ClFO/c1-2-9(11)10(13)7-3-5-8(12)6-4-7/h3-6,9H,2H2,1H3/t9-/m1/s1. The molecule has 1 aromatic rings. The number of hydrogen-bond donors (Lipinski definition) is 0. The number of Topliss-reactive ketones (excluding diaryl/α,β-unsaturated/α-hetero) is 1. The Bertz CT molecular complexity index is 294. The van der Waals surface area contributed by atoms with Crippen LogP contribution < -0.4 is 0 Å². The third kappa shape index (κ3) is 2.52. The van der Waals surface area contributed by atoms with Gasteiger partial charge in [0.25, 0.3) is 0 Å². The number of rotatable bonds is 3. The second-order valence-electron chi connectivity index (χ2n) is 2.75. The summed E-state index contributed by atoms with van der Waals surface area (Å²) in [5.41, 5.74) is 0.461. The number of carbonyl (C=O) groups is 1. The van der Waals surface area contributed by atoms with Crippen molar-refractivity contribution in [1.29, 1.82) is 0 Å². The average molecular weight is 201 g/mol. The molecular formula is C10H10ClFO. The van der Waals surface area contributed by atoms with Crippen molar-refractivity contribution in [3.63, 3.8) is 0 Å². The SMILES string of the molecule is CC[C@@H](Cl)C(=O)c1ccc(F)cc1. The molecule has 0 fully saturated rings. The smallest absolute Gasteiger partial charge is 0.180 e. The maximum Gasteiger partial charge on any atom is 0.180 e. The van der Waals surface area contributed by atoms with Crippen LogP contribution in [0.15, 0.2) is 24.3 Å². The fourth-order valence-corrected chi connectivity index (χ4v) is 1.11. The zero-order valence-electron chi connectivity index (χ0n) is 7.26. The van der Waals surface area contributed by atoms with Crippen LogP contribution in [0.2, 0.25) is 0 Å². The molecule has 0 aliphatic rings. The lowest BCUT2D eigenvalue weighted by molar-refractivity contribution is 0.0985. The number of alkyl halides is 1. The first-order valence-electron chi connectivity index (χ1n) is 4.09. The monoisotopic (exact) mass is 200 g/mol. The molecule has 0 unspecified atom stereocenters. The lowest BCUT2D eigenvalue weighted by atomic mass is 10.1. The minimum atomic E-state index is -0.509. The third-order valence-electron chi connectivity index (χ3n) is 1.77. The number of ketones is 1. The number of benzene rings is 1. The van der Waals surface area contributed by atoms with E-state index in [0.29, 0.717) is 12.0 Å². The van der Waals surface area contributed by atoms with Gasteiger partial charge in [-0.15, -0.1) is 11.6 Å². The molecule has 0 bridgehead atoms. The largest absolute Gasteiger partial charge is 0.293 e. The molecule has 3 heteroatoms. The van der Waals surface area contributed by atoms with Gasteiger partial charge < -0.3 is 0 Å². The fourth-order valence-electron chi connectivity index (χ4n) is 0.980. The van der Waals surface area contributed by atoms with E-state index in [1.807, 2.05) is 6.92 Å². The summed E-state index contributed by atoms with van der Waals surface area (Å²) in [6.45, 7) is 1.83.